The minimum absolute atomic E-state index is 0.0294. The summed E-state index contributed by atoms with van der Waals surface area (Å²) in [6.07, 6.45) is -9.27. The van der Waals surface area contributed by atoms with E-state index in [9.17, 15) is 26.3 Å². The van der Waals surface area contributed by atoms with Gasteiger partial charge in [0.05, 0.1) is 44.6 Å². The van der Waals surface area contributed by atoms with Crippen molar-refractivity contribution in [3.8, 4) is 0 Å². The lowest BCUT2D eigenvalue weighted by Gasteiger charge is -2.37. The Bertz CT molecular complexity index is 2560. The summed E-state index contributed by atoms with van der Waals surface area (Å²) >= 11 is 0. The molecule has 0 bridgehead atoms. The van der Waals surface area contributed by atoms with Crippen LogP contribution in [-0.4, -0.2) is 19.9 Å². The first kappa shape index (κ1) is 29.8. The molecule has 0 spiro atoms. The lowest BCUT2D eigenvalue weighted by molar-refractivity contribution is -0.138. The maximum absolute atomic E-state index is 13.9. The van der Waals surface area contributed by atoms with Crippen molar-refractivity contribution in [2.24, 2.45) is 0 Å². The van der Waals surface area contributed by atoms with Crippen molar-refractivity contribution in [2.45, 2.75) is 12.4 Å². The van der Waals surface area contributed by atoms with Gasteiger partial charge < -0.3 is 0 Å². The molecule has 12 heteroatoms. The predicted octanol–water partition coefficient (Wildman–Crippen LogP) is 11.2. The topological polar surface area (TPSA) is 58.0 Å². The van der Waals surface area contributed by atoms with Gasteiger partial charge in [-0.15, -0.1) is 0 Å². The van der Waals surface area contributed by atoms with Crippen molar-refractivity contribution < 1.29 is 26.3 Å². The number of aromatic nitrogens is 4. The fourth-order valence-corrected chi connectivity index (χ4v) is 6.49. The summed E-state index contributed by atoms with van der Waals surface area (Å²) in [5.41, 5.74) is -0.309. The summed E-state index contributed by atoms with van der Waals surface area (Å²) < 4.78 is 83.4. The number of rotatable bonds is 2. The van der Waals surface area contributed by atoms with Gasteiger partial charge in [0, 0.05) is 10.8 Å². The summed E-state index contributed by atoms with van der Waals surface area (Å²) in [5, 5.41) is 3.26. The van der Waals surface area contributed by atoms with Crippen molar-refractivity contribution in [3.05, 3.63) is 132 Å². The lowest BCUT2D eigenvalue weighted by atomic mass is 10.1. The predicted molar refractivity (Wildman–Crippen MR) is 181 cm³/mol. The van der Waals surface area contributed by atoms with Crippen molar-refractivity contribution in [3.63, 3.8) is 0 Å². The largest absolute Gasteiger partial charge is 0.416 e. The highest BCUT2D eigenvalue weighted by molar-refractivity contribution is 6.08. The highest BCUT2D eigenvalue weighted by Crippen LogP contribution is 2.54. The van der Waals surface area contributed by atoms with Crippen LogP contribution in [0, 0.1) is 0 Å². The standard InChI is InChI=1S/C38H20F6N6/c39-37(40,41)23-15-17-27-29(19-23)47-35-33(45-27)49(31-13-5-9-21-7-1-3-11-25(21)31)34-36(48-30-20-24(38(42,43)44)16-18-28(30)46-34)50(35)32-14-6-10-22-8-2-4-12-26(22)32/h1-20H. The average molecular weight is 675 g/mol. The Labute approximate surface area is 278 Å². The fraction of sp³-hybridized carbons (Fsp3) is 0.0526. The maximum atomic E-state index is 13.9. The maximum Gasteiger partial charge on any atom is 0.416 e. The molecular formula is C38H20F6N6. The van der Waals surface area contributed by atoms with E-state index in [2.05, 4.69) is 0 Å². The van der Waals surface area contributed by atoms with Crippen LogP contribution < -0.4 is 9.80 Å². The highest BCUT2D eigenvalue weighted by Gasteiger charge is 2.39. The summed E-state index contributed by atoms with van der Waals surface area (Å²) in [6, 6.07) is 32.5. The van der Waals surface area contributed by atoms with Crippen LogP contribution in [0.4, 0.5) is 61.0 Å². The number of halogens is 6. The van der Waals surface area contributed by atoms with E-state index in [4.69, 9.17) is 19.9 Å². The van der Waals surface area contributed by atoms with E-state index < -0.39 is 23.5 Å². The van der Waals surface area contributed by atoms with E-state index >= 15 is 0 Å². The molecule has 0 saturated carbocycles. The molecule has 0 N–H and O–H groups in total. The normalized spacial score (nSPS) is 13.3. The first-order valence-electron chi connectivity index (χ1n) is 15.4. The highest BCUT2D eigenvalue weighted by atomic mass is 19.4. The van der Waals surface area contributed by atoms with Gasteiger partial charge in [-0.3, -0.25) is 9.80 Å². The van der Waals surface area contributed by atoms with E-state index in [1.807, 2.05) is 72.8 Å². The van der Waals surface area contributed by atoms with Crippen LogP contribution in [-0.2, 0) is 12.4 Å². The second-order valence-corrected chi connectivity index (χ2v) is 11.8. The molecule has 50 heavy (non-hydrogen) atoms. The molecule has 1 aliphatic heterocycles. The van der Waals surface area contributed by atoms with Gasteiger partial charge in [0.25, 0.3) is 0 Å². The van der Waals surface area contributed by atoms with E-state index in [-0.39, 0.29) is 45.3 Å². The molecule has 2 aromatic heterocycles. The average Bonchev–Trinajstić information content (AvgIpc) is 3.11. The molecule has 0 saturated heterocycles. The third-order valence-corrected chi connectivity index (χ3v) is 8.77. The minimum atomic E-state index is -4.64. The molecule has 0 amide bonds. The molecule has 8 aromatic rings. The quantitative estimate of drug-likeness (QED) is 0.170. The molecule has 3 heterocycles. The number of fused-ring (bicyclic) bond motifs is 6. The van der Waals surface area contributed by atoms with Gasteiger partial charge in [0.1, 0.15) is 0 Å². The zero-order valence-electron chi connectivity index (χ0n) is 25.5. The number of benzene rings is 6. The monoisotopic (exact) mass is 674 g/mol. The van der Waals surface area contributed by atoms with Gasteiger partial charge in [-0.1, -0.05) is 72.8 Å². The van der Waals surface area contributed by atoms with Crippen LogP contribution in [0.3, 0.4) is 0 Å². The zero-order chi connectivity index (χ0) is 34.4. The third-order valence-electron chi connectivity index (χ3n) is 8.77. The van der Waals surface area contributed by atoms with Gasteiger partial charge in [-0.2, -0.15) is 26.3 Å². The van der Waals surface area contributed by atoms with Crippen molar-refractivity contribution in [2.75, 3.05) is 9.80 Å². The number of nitrogens with zero attached hydrogens (tertiary/aromatic N) is 6. The Morgan fingerprint density at radius 3 is 1.14 bits per heavy atom. The Hall–Kier alpha value is -6.30. The van der Waals surface area contributed by atoms with Crippen LogP contribution in [0.15, 0.2) is 121 Å². The third kappa shape index (κ3) is 4.66. The minimum Gasteiger partial charge on any atom is -0.272 e. The number of anilines is 6. The lowest BCUT2D eigenvalue weighted by Crippen LogP contribution is -2.28. The van der Waals surface area contributed by atoms with E-state index in [0.29, 0.717) is 11.4 Å². The Morgan fingerprint density at radius 2 is 0.740 bits per heavy atom. The second kappa shape index (κ2) is 10.6. The Kier molecular flexibility index (Phi) is 6.32. The van der Waals surface area contributed by atoms with Crippen molar-refractivity contribution in [1.29, 1.82) is 0 Å². The molecule has 1 aliphatic rings. The second-order valence-electron chi connectivity index (χ2n) is 11.8. The Balaban J connectivity index is 1.43. The van der Waals surface area contributed by atoms with Crippen LogP contribution >= 0.6 is 0 Å². The number of alkyl halides is 6. The Morgan fingerprint density at radius 1 is 0.380 bits per heavy atom. The SMILES string of the molecule is FC(F)(F)c1ccc2nc3c(nc2c1)N(c1cccc2ccccc12)c1nc2cc(C(F)(F)F)ccc2nc1N3c1cccc2ccccc12. The number of hydrogen-bond acceptors (Lipinski definition) is 6. The van der Waals surface area contributed by atoms with E-state index in [1.165, 1.54) is 12.1 Å². The summed E-state index contributed by atoms with van der Waals surface area (Å²) in [5.74, 6) is 0.729. The molecule has 6 aromatic carbocycles. The number of hydrogen-bond donors (Lipinski definition) is 0. The van der Waals surface area contributed by atoms with Crippen LogP contribution in [0.1, 0.15) is 11.1 Å². The van der Waals surface area contributed by atoms with Gasteiger partial charge in [-0.05, 0) is 59.3 Å². The molecular weight excluding hydrogens is 654 g/mol. The molecule has 0 aliphatic carbocycles. The molecule has 0 fully saturated rings. The smallest absolute Gasteiger partial charge is 0.272 e. The molecule has 0 radical (unpaired) electrons. The van der Waals surface area contributed by atoms with E-state index in [1.54, 1.807) is 21.9 Å². The molecule has 244 valence electrons. The van der Waals surface area contributed by atoms with Crippen LogP contribution in [0.2, 0.25) is 0 Å². The summed E-state index contributed by atoms with van der Waals surface area (Å²) in [6.45, 7) is 0. The van der Waals surface area contributed by atoms with Crippen LogP contribution in [0.5, 0.6) is 0 Å². The zero-order valence-corrected chi connectivity index (χ0v) is 25.5. The molecule has 9 rings (SSSR count). The first-order chi connectivity index (χ1) is 24.0. The van der Waals surface area contributed by atoms with Crippen molar-refractivity contribution >= 4 is 78.3 Å². The van der Waals surface area contributed by atoms with Gasteiger partial charge in [-0.25, -0.2) is 19.9 Å². The first-order valence-corrected chi connectivity index (χ1v) is 15.4. The molecule has 0 atom stereocenters. The van der Waals surface area contributed by atoms with E-state index in [0.717, 1.165) is 45.8 Å². The van der Waals surface area contributed by atoms with Gasteiger partial charge in [0.2, 0.25) is 0 Å². The molecule has 0 unspecified atom stereocenters. The summed E-state index contributed by atoms with van der Waals surface area (Å²) in [7, 11) is 0. The van der Waals surface area contributed by atoms with Gasteiger partial charge in [0.15, 0.2) is 23.3 Å². The summed E-state index contributed by atoms with van der Waals surface area (Å²) in [4.78, 5) is 22.8. The molecule has 6 nitrogen and oxygen atoms in total. The fourth-order valence-electron chi connectivity index (χ4n) is 6.49. The van der Waals surface area contributed by atoms with Gasteiger partial charge >= 0.3 is 12.4 Å². The van der Waals surface area contributed by atoms with Crippen molar-refractivity contribution in [1.82, 2.24) is 19.9 Å². The van der Waals surface area contributed by atoms with Crippen LogP contribution in [0.25, 0.3) is 43.6 Å².